The maximum Gasteiger partial charge on any atom is 0.120 e. The lowest BCUT2D eigenvalue weighted by atomic mass is 10.1. The number of ether oxygens (including phenoxy) is 2. The smallest absolute Gasteiger partial charge is 0.120 e. The Labute approximate surface area is 150 Å². The molecule has 0 aliphatic heterocycles. The predicted molar refractivity (Wildman–Crippen MR) is 102 cm³/mol. The first-order valence-electron chi connectivity index (χ1n) is 8.82. The van der Waals surface area contributed by atoms with Gasteiger partial charge in [-0.05, 0) is 42.2 Å². The zero-order valence-corrected chi connectivity index (χ0v) is 15.5. The average molecular weight is 341 g/mol. The van der Waals surface area contributed by atoms with Crippen molar-refractivity contribution in [3.05, 3.63) is 53.6 Å². The van der Waals surface area contributed by atoms with Crippen LogP contribution in [0.25, 0.3) is 11.1 Å². The highest BCUT2D eigenvalue weighted by atomic mass is 16.6. The average Bonchev–Trinajstić information content (AvgIpc) is 2.97. The molecule has 0 saturated carbocycles. The lowest BCUT2D eigenvalue weighted by Gasteiger charge is -2.08. The molecule has 0 unspecified atom stereocenters. The summed E-state index contributed by atoms with van der Waals surface area (Å²) in [7, 11) is 3.29. The zero-order chi connectivity index (χ0) is 18.1. The highest BCUT2D eigenvalue weighted by molar-refractivity contribution is 6.24. The summed E-state index contributed by atoms with van der Waals surface area (Å²) in [5, 5.41) is 4.21. The zero-order valence-electron chi connectivity index (χ0n) is 15.5. The minimum Gasteiger partial charge on any atom is -0.494 e. The Balaban J connectivity index is 0.00000109. The van der Waals surface area contributed by atoms with Crippen molar-refractivity contribution in [1.82, 2.24) is 0 Å². The number of hydrogen-bond donors (Lipinski definition) is 0. The van der Waals surface area contributed by atoms with Crippen LogP contribution in [0.3, 0.4) is 0 Å². The number of methoxy groups -OCH3 is 1. The van der Waals surface area contributed by atoms with E-state index in [1.807, 2.05) is 38.1 Å². The number of rotatable bonds is 7. The number of benzene rings is 2. The first kappa shape index (κ1) is 19.0. The molecule has 3 rings (SSSR count). The second-order valence-electron chi connectivity index (χ2n) is 5.42. The van der Waals surface area contributed by atoms with Gasteiger partial charge < -0.3 is 14.3 Å². The molecule has 0 spiro atoms. The van der Waals surface area contributed by atoms with Crippen LogP contribution in [0.5, 0.6) is 5.75 Å². The summed E-state index contributed by atoms with van der Waals surface area (Å²) in [4.78, 5) is 5.04. The van der Waals surface area contributed by atoms with Gasteiger partial charge in [-0.25, -0.2) is 0 Å². The molecule has 2 aromatic rings. The molecular formula is C21H27NO3. The molecule has 4 heteroatoms. The molecule has 0 bridgehead atoms. The third kappa shape index (κ3) is 4.40. The van der Waals surface area contributed by atoms with Crippen molar-refractivity contribution in [2.24, 2.45) is 5.16 Å². The molecule has 0 N–H and O–H groups in total. The van der Waals surface area contributed by atoms with Crippen LogP contribution in [0, 0.1) is 0 Å². The quantitative estimate of drug-likeness (QED) is 0.453. The summed E-state index contributed by atoms with van der Waals surface area (Å²) >= 11 is 0. The first-order chi connectivity index (χ1) is 12.3. The van der Waals surface area contributed by atoms with E-state index in [2.05, 4.69) is 23.4 Å². The maximum absolute atomic E-state index is 5.85. The van der Waals surface area contributed by atoms with Crippen LogP contribution in [-0.2, 0) is 9.57 Å². The molecule has 0 fully saturated rings. The van der Waals surface area contributed by atoms with E-state index in [1.165, 1.54) is 11.1 Å². The molecule has 0 radical (unpaired) electrons. The molecular weight excluding hydrogens is 314 g/mol. The van der Waals surface area contributed by atoms with Crippen LogP contribution in [0.2, 0.25) is 0 Å². The molecule has 2 aromatic carbocycles. The van der Waals surface area contributed by atoms with Gasteiger partial charge in [0.2, 0.25) is 0 Å². The van der Waals surface area contributed by atoms with Crippen molar-refractivity contribution in [1.29, 1.82) is 0 Å². The molecule has 0 amide bonds. The van der Waals surface area contributed by atoms with E-state index in [0.717, 1.165) is 42.0 Å². The summed E-state index contributed by atoms with van der Waals surface area (Å²) in [5.74, 6) is 0.859. The minimum absolute atomic E-state index is 0.686. The fourth-order valence-corrected chi connectivity index (χ4v) is 2.84. The number of unbranched alkanes of at least 4 members (excludes halogenated alkanes) is 1. The Morgan fingerprint density at radius 1 is 0.800 bits per heavy atom. The van der Waals surface area contributed by atoms with Crippen molar-refractivity contribution in [3.8, 4) is 16.9 Å². The van der Waals surface area contributed by atoms with Crippen molar-refractivity contribution in [2.45, 2.75) is 26.7 Å². The second-order valence-corrected chi connectivity index (χ2v) is 5.42. The molecule has 0 heterocycles. The lowest BCUT2D eigenvalue weighted by Crippen LogP contribution is -2.02. The predicted octanol–water partition coefficient (Wildman–Crippen LogP) is 4.90. The van der Waals surface area contributed by atoms with E-state index in [9.17, 15) is 0 Å². The summed E-state index contributed by atoms with van der Waals surface area (Å²) in [5.41, 5.74) is 5.38. The molecule has 0 aromatic heterocycles. The summed E-state index contributed by atoms with van der Waals surface area (Å²) < 4.78 is 10.9. The maximum atomic E-state index is 5.85. The van der Waals surface area contributed by atoms with Gasteiger partial charge in [-0.1, -0.05) is 43.3 Å². The Bertz CT molecular complexity index is 710. The standard InChI is InChI=1S/C19H21NO3.C2H6/c1-21-11-5-6-12-23-14-9-10-16-15-7-3-4-8-17(15)19(20-22-2)18(16)13-14;1-2/h3-4,7-10,13H,5-6,11-12H2,1-2H3;1-2H3/b20-19+;. The van der Waals surface area contributed by atoms with Crippen LogP contribution < -0.4 is 4.74 Å². The summed E-state index contributed by atoms with van der Waals surface area (Å²) in [6.07, 6.45) is 1.98. The fourth-order valence-electron chi connectivity index (χ4n) is 2.84. The van der Waals surface area contributed by atoms with Gasteiger partial charge in [-0.2, -0.15) is 0 Å². The highest BCUT2D eigenvalue weighted by Gasteiger charge is 2.25. The minimum atomic E-state index is 0.686. The summed E-state index contributed by atoms with van der Waals surface area (Å²) in [6.45, 7) is 5.46. The molecule has 0 saturated heterocycles. The first-order valence-corrected chi connectivity index (χ1v) is 8.82. The van der Waals surface area contributed by atoms with E-state index in [4.69, 9.17) is 14.3 Å². The van der Waals surface area contributed by atoms with Gasteiger partial charge in [0.25, 0.3) is 0 Å². The van der Waals surface area contributed by atoms with Crippen molar-refractivity contribution in [3.63, 3.8) is 0 Å². The summed E-state index contributed by atoms with van der Waals surface area (Å²) in [6, 6.07) is 14.4. The van der Waals surface area contributed by atoms with E-state index >= 15 is 0 Å². The van der Waals surface area contributed by atoms with Crippen LogP contribution in [0.15, 0.2) is 47.6 Å². The Hall–Kier alpha value is -2.33. The van der Waals surface area contributed by atoms with Crippen LogP contribution >= 0.6 is 0 Å². The van der Waals surface area contributed by atoms with Gasteiger partial charge in [0.05, 0.1) is 6.61 Å². The van der Waals surface area contributed by atoms with Crippen molar-refractivity contribution < 1.29 is 14.3 Å². The normalized spacial score (nSPS) is 12.9. The van der Waals surface area contributed by atoms with Gasteiger partial charge in [0.15, 0.2) is 0 Å². The van der Waals surface area contributed by atoms with E-state index in [-0.39, 0.29) is 0 Å². The molecule has 4 nitrogen and oxygen atoms in total. The van der Waals surface area contributed by atoms with Gasteiger partial charge in [-0.3, -0.25) is 0 Å². The Morgan fingerprint density at radius 3 is 2.20 bits per heavy atom. The van der Waals surface area contributed by atoms with Crippen molar-refractivity contribution in [2.75, 3.05) is 27.4 Å². The molecule has 0 atom stereocenters. The van der Waals surface area contributed by atoms with E-state index < -0.39 is 0 Å². The Morgan fingerprint density at radius 2 is 1.48 bits per heavy atom. The molecule has 1 aliphatic carbocycles. The third-order valence-electron chi connectivity index (χ3n) is 3.91. The van der Waals surface area contributed by atoms with Gasteiger partial charge in [0, 0.05) is 24.8 Å². The third-order valence-corrected chi connectivity index (χ3v) is 3.91. The number of nitrogens with zero attached hydrogens (tertiary/aromatic N) is 1. The van der Waals surface area contributed by atoms with E-state index in [1.54, 1.807) is 14.2 Å². The van der Waals surface area contributed by atoms with Gasteiger partial charge in [-0.15, -0.1) is 0 Å². The molecule has 134 valence electrons. The van der Waals surface area contributed by atoms with Gasteiger partial charge in [0.1, 0.15) is 18.6 Å². The topological polar surface area (TPSA) is 40.0 Å². The monoisotopic (exact) mass is 341 g/mol. The largest absolute Gasteiger partial charge is 0.494 e. The second kappa shape index (κ2) is 9.84. The SMILES string of the molecule is CC.COCCCCOc1ccc2c(c1)/C(=N/OC)c1ccccc1-2. The van der Waals surface area contributed by atoms with Crippen LogP contribution in [0.1, 0.15) is 37.8 Å². The fraction of sp³-hybridized carbons (Fsp3) is 0.381. The van der Waals surface area contributed by atoms with Crippen LogP contribution in [0.4, 0.5) is 0 Å². The lowest BCUT2D eigenvalue weighted by molar-refractivity contribution is 0.184. The van der Waals surface area contributed by atoms with Crippen molar-refractivity contribution >= 4 is 5.71 Å². The van der Waals surface area contributed by atoms with Crippen LogP contribution in [-0.4, -0.2) is 33.1 Å². The number of hydrogen-bond acceptors (Lipinski definition) is 4. The van der Waals surface area contributed by atoms with E-state index in [0.29, 0.717) is 6.61 Å². The molecule has 1 aliphatic rings. The molecule has 25 heavy (non-hydrogen) atoms. The highest BCUT2D eigenvalue weighted by Crippen LogP contribution is 2.38. The number of fused-ring (bicyclic) bond motifs is 3. The Kier molecular flexibility index (Phi) is 7.48. The number of oxime groups is 1. The van der Waals surface area contributed by atoms with Gasteiger partial charge >= 0.3 is 0 Å².